The molecule has 3 aromatic heterocycles. The van der Waals surface area contributed by atoms with E-state index in [-0.39, 0.29) is 23.7 Å². The molecule has 0 aliphatic heterocycles. The number of imidazole rings is 1. The fourth-order valence-corrected chi connectivity index (χ4v) is 3.18. The molecule has 146 valence electrons. The summed E-state index contributed by atoms with van der Waals surface area (Å²) in [5.41, 5.74) is 3.14. The number of pyridine rings is 1. The van der Waals surface area contributed by atoms with Crippen LogP contribution in [0, 0.1) is 6.92 Å². The van der Waals surface area contributed by atoms with Crippen molar-refractivity contribution in [3.8, 4) is 0 Å². The number of nitrogens with zero attached hydrogens (tertiary/aromatic N) is 2. The number of hydrogen-bond acceptors (Lipinski definition) is 5. The Morgan fingerprint density at radius 3 is 2.75 bits per heavy atom. The largest absolute Gasteiger partial charge is 0.465 e. The van der Waals surface area contributed by atoms with Gasteiger partial charge >= 0.3 is 5.97 Å². The maximum Gasteiger partial charge on any atom is 0.339 e. The standard InChI is InChI=1S/C20H22N4O4/c1-12-18(20(27)28-3)15(23-19(12)13(2)25)10-17(26)21-8-7-14-11-24-9-5-4-6-16(24)22-14/h4-6,9,11,23H,7-8,10H2,1-3H3,(H,21,26). The van der Waals surface area contributed by atoms with Crippen LogP contribution in [0.2, 0.25) is 0 Å². The Labute approximate surface area is 161 Å². The number of hydrogen-bond donors (Lipinski definition) is 2. The van der Waals surface area contributed by atoms with Crippen molar-refractivity contribution in [3.63, 3.8) is 0 Å². The van der Waals surface area contributed by atoms with Gasteiger partial charge in [0.1, 0.15) is 5.65 Å². The molecule has 0 atom stereocenters. The average Bonchev–Trinajstić information content (AvgIpc) is 3.21. The summed E-state index contributed by atoms with van der Waals surface area (Å²) in [4.78, 5) is 43.5. The van der Waals surface area contributed by atoms with E-state index >= 15 is 0 Å². The third-order valence-corrected chi connectivity index (χ3v) is 4.52. The van der Waals surface area contributed by atoms with Gasteiger partial charge in [0.2, 0.25) is 5.91 Å². The Morgan fingerprint density at radius 2 is 2.07 bits per heavy atom. The lowest BCUT2D eigenvalue weighted by Crippen LogP contribution is -2.28. The molecule has 0 aliphatic rings. The highest BCUT2D eigenvalue weighted by atomic mass is 16.5. The molecule has 0 aromatic carbocycles. The van der Waals surface area contributed by atoms with Crippen molar-refractivity contribution in [1.82, 2.24) is 19.7 Å². The van der Waals surface area contributed by atoms with Gasteiger partial charge in [-0.05, 0) is 24.6 Å². The zero-order valence-electron chi connectivity index (χ0n) is 16.0. The number of rotatable bonds is 7. The highest BCUT2D eigenvalue weighted by molar-refractivity contribution is 6.01. The molecule has 3 rings (SSSR count). The zero-order valence-corrected chi connectivity index (χ0v) is 16.0. The normalized spacial score (nSPS) is 10.8. The minimum atomic E-state index is -0.575. The van der Waals surface area contributed by atoms with E-state index in [1.54, 1.807) is 6.92 Å². The van der Waals surface area contributed by atoms with Gasteiger partial charge in [-0.2, -0.15) is 0 Å². The number of aromatic amines is 1. The zero-order chi connectivity index (χ0) is 20.3. The Hall–Kier alpha value is -3.42. The summed E-state index contributed by atoms with van der Waals surface area (Å²) in [6, 6.07) is 5.75. The monoisotopic (exact) mass is 382 g/mol. The summed E-state index contributed by atoms with van der Waals surface area (Å²) in [5.74, 6) is -1.04. The van der Waals surface area contributed by atoms with Crippen molar-refractivity contribution in [1.29, 1.82) is 0 Å². The van der Waals surface area contributed by atoms with Crippen LogP contribution >= 0.6 is 0 Å². The van der Waals surface area contributed by atoms with Crippen LogP contribution in [0.15, 0.2) is 30.6 Å². The van der Waals surface area contributed by atoms with Crippen LogP contribution in [0.3, 0.4) is 0 Å². The van der Waals surface area contributed by atoms with Crippen molar-refractivity contribution >= 4 is 23.3 Å². The second-order valence-corrected chi connectivity index (χ2v) is 6.50. The Bertz CT molecular complexity index is 1010. The molecule has 8 nitrogen and oxygen atoms in total. The summed E-state index contributed by atoms with van der Waals surface area (Å²) in [5, 5.41) is 2.82. The first kappa shape index (κ1) is 19.3. The Kier molecular flexibility index (Phi) is 5.58. The molecule has 3 heterocycles. The molecule has 0 aliphatic carbocycles. The SMILES string of the molecule is COC(=O)c1c(CC(=O)NCCc2cn3ccccc3n2)[nH]c(C(C)=O)c1C. The molecular formula is C20H22N4O4. The summed E-state index contributed by atoms with van der Waals surface area (Å²) in [6.45, 7) is 3.47. The first-order valence-electron chi connectivity index (χ1n) is 8.90. The highest BCUT2D eigenvalue weighted by Gasteiger charge is 2.24. The van der Waals surface area contributed by atoms with Crippen LogP contribution in [0.25, 0.3) is 5.65 Å². The number of fused-ring (bicyclic) bond motifs is 1. The molecular weight excluding hydrogens is 360 g/mol. The van der Waals surface area contributed by atoms with E-state index < -0.39 is 5.97 Å². The van der Waals surface area contributed by atoms with Gasteiger partial charge in [0.25, 0.3) is 0 Å². The molecule has 0 bridgehead atoms. The second-order valence-electron chi connectivity index (χ2n) is 6.50. The fraction of sp³-hybridized carbons (Fsp3) is 0.300. The van der Waals surface area contributed by atoms with Crippen molar-refractivity contribution < 1.29 is 19.1 Å². The molecule has 0 radical (unpaired) electrons. The van der Waals surface area contributed by atoms with Gasteiger partial charge < -0.3 is 19.4 Å². The predicted octanol–water partition coefficient (Wildman–Crippen LogP) is 1.86. The number of nitrogens with one attached hydrogen (secondary N) is 2. The topological polar surface area (TPSA) is 106 Å². The fourth-order valence-electron chi connectivity index (χ4n) is 3.18. The van der Waals surface area contributed by atoms with Crippen molar-refractivity contribution in [2.75, 3.05) is 13.7 Å². The minimum absolute atomic E-state index is 0.0519. The van der Waals surface area contributed by atoms with E-state index in [9.17, 15) is 14.4 Å². The summed E-state index contributed by atoms with van der Waals surface area (Å²) < 4.78 is 6.71. The van der Waals surface area contributed by atoms with Gasteiger partial charge in [-0.25, -0.2) is 9.78 Å². The number of Topliss-reactive ketones (excluding diaryl/α,β-unsaturated/α-hetero) is 1. The molecule has 1 amide bonds. The summed E-state index contributed by atoms with van der Waals surface area (Å²) in [7, 11) is 1.26. The third-order valence-electron chi connectivity index (χ3n) is 4.52. The van der Waals surface area contributed by atoms with Crippen LogP contribution in [0.5, 0.6) is 0 Å². The van der Waals surface area contributed by atoms with Gasteiger partial charge in [0.15, 0.2) is 5.78 Å². The quantitative estimate of drug-likeness (QED) is 0.479. The van der Waals surface area contributed by atoms with Gasteiger partial charge in [0.05, 0.1) is 30.5 Å². The average molecular weight is 382 g/mol. The van der Waals surface area contributed by atoms with Gasteiger partial charge in [-0.15, -0.1) is 0 Å². The first-order chi connectivity index (χ1) is 13.4. The van der Waals surface area contributed by atoms with Crippen LogP contribution in [-0.2, 0) is 22.4 Å². The second kappa shape index (κ2) is 8.08. The van der Waals surface area contributed by atoms with Crippen molar-refractivity contribution in [2.45, 2.75) is 26.7 Å². The number of H-pyrrole nitrogens is 1. The molecule has 0 fully saturated rings. The molecule has 0 saturated carbocycles. The third kappa shape index (κ3) is 3.95. The van der Waals surface area contributed by atoms with Crippen LogP contribution < -0.4 is 5.32 Å². The number of ketones is 1. The molecule has 0 saturated heterocycles. The summed E-state index contributed by atoms with van der Waals surface area (Å²) >= 11 is 0. The van der Waals surface area contributed by atoms with E-state index in [4.69, 9.17) is 4.74 Å². The smallest absolute Gasteiger partial charge is 0.339 e. The number of methoxy groups -OCH3 is 1. The highest BCUT2D eigenvalue weighted by Crippen LogP contribution is 2.20. The first-order valence-corrected chi connectivity index (χ1v) is 8.90. The van der Waals surface area contributed by atoms with E-state index in [1.807, 2.05) is 35.0 Å². The predicted molar refractivity (Wildman–Crippen MR) is 102 cm³/mol. The number of carbonyl (C=O) groups excluding carboxylic acids is 3. The minimum Gasteiger partial charge on any atom is -0.465 e. The lowest BCUT2D eigenvalue weighted by Gasteiger charge is -2.05. The van der Waals surface area contributed by atoms with E-state index in [0.717, 1.165) is 11.3 Å². The molecule has 8 heteroatoms. The maximum absolute atomic E-state index is 12.3. The van der Waals surface area contributed by atoms with Crippen molar-refractivity contribution in [3.05, 3.63) is 58.8 Å². The Morgan fingerprint density at radius 1 is 1.29 bits per heavy atom. The lowest BCUT2D eigenvalue weighted by molar-refractivity contribution is -0.120. The van der Waals surface area contributed by atoms with Crippen LogP contribution in [0.1, 0.15) is 44.7 Å². The number of ether oxygens (including phenoxy) is 1. The molecule has 3 aromatic rings. The van der Waals surface area contributed by atoms with Crippen LogP contribution in [-0.4, -0.2) is 45.7 Å². The van der Waals surface area contributed by atoms with Gasteiger partial charge in [-0.1, -0.05) is 6.07 Å². The number of amides is 1. The molecule has 0 spiro atoms. The summed E-state index contributed by atoms with van der Waals surface area (Å²) in [6.07, 6.45) is 4.37. The van der Waals surface area contributed by atoms with E-state index in [0.29, 0.717) is 29.9 Å². The number of aromatic nitrogens is 3. The molecule has 0 unspecified atom stereocenters. The molecule has 2 N–H and O–H groups in total. The Balaban J connectivity index is 1.65. The lowest BCUT2D eigenvalue weighted by atomic mass is 10.1. The maximum atomic E-state index is 12.3. The number of esters is 1. The van der Waals surface area contributed by atoms with Gasteiger partial charge in [-0.3, -0.25) is 9.59 Å². The van der Waals surface area contributed by atoms with Gasteiger partial charge in [0, 0.05) is 38.0 Å². The van der Waals surface area contributed by atoms with Crippen molar-refractivity contribution in [2.24, 2.45) is 0 Å². The van der Waals surface area contributed by atoms with Crippen LogP contribution in [0.4, 0.5) is 0 Å². The van der Waals surface area contributed by atoms with E-state index in [1.165, 1.54) is 14.0 Å². The molecule has 28 heavy (non-hydrogen) atoms. The number of carbonyl (C=O) groups is 3. The van der Waals surface area contributed by atoms with E-state index in [2.05, 4.69) is 15.3 Å².